The summed E-state index contributed by atoms with van der Waals surface area (Å²) in [4.78, 5) is 0. The molecule has 5 rings (SSSR count). The van der Waals surface area contributed by atoms with Crippen LogP contribution in [0, 0.1) is 0 Å². The van der Waals surface area contributed by atoms with Gasteiger partial charge < -0.3 is 5.32 Å². The molecule has 1 heteroatoms. The van der Waals surface area contributed by atoms with Gasteiger partial charge in [-0.2, -0.15) is 0 Å². The summed E-state index contributed by atoms with van der Waals surface area (Å²) in [5.74, 6) is 0. The monoisotopic (exact) mass is 595 g/mol. The molecule has 5 aromatic rings. The van der Waals surface area contributed by atoms with E-state index in [2.05, 4.69) is 185 Å². The quantitative estimate of drug-likeness (QED) is 0.218. The summed E-state index contributed by atoms with van der Waals surface area (Å²) in [7, 11) is 0. The zero-order chi connectivity index (χ0) is 32.9. The van der Waals surface area contributed by atoms with Crippen LogP contribution in [0.3, 0.4) is 0 Å². The minimum absolute atomic E-state index is 0.0491. The van der Waals surface area contributed by atoms with Crippen LogP contribution in [-0.4, -0.2) is 0 Å². The van der Waals surface area contributed by atoms with Crippen LogP contribution in [0.5, 0.6) is 0 Å². The van der Waals surface area contributed by atoms with Crippen LogP contribution in [0.25, 0.3) is 33.0 Å². The summed E-state index contributed by atoms with van der Waals surface area (Å²) in [6.45, 7) is 27.7. The van der Waals surface area contributed by atoms with Crippen LogP contribution in [0.1, 0.15) is 105 Å². The lowest BCUT2D eigenvalue weighted by atomic mass is 9.78. The highest BCUT2D eigenvalue weighted by Gasteiger charge is 2.23. The normalized spacial score (nSPS) is 12.9. The van der Waals surface area contributed by atoms with Crippen molar-refractivity contribution in [2.24, 2.45) is 0 Å². The second-order valence-electron chi connectivity index (χ2n) is 17.0. The predicted molar refractivity (Wildman–Crippen MR) is 199 cm³/mol. The van der Waals surface area contributed by atoms with Gasteiger partial charge in [0.15, 0.2) is 0 Å². The van der Waals surface area contributed by atoms with E-state index in [1.807, 2.05) is 0 Å². The van der Waals surface area contributed by atoms with E-state index in [9.17, 15) is 0 Å². The third kappa shape index (κ3) is 7.04. The lowest BCUT2D eigenvalue weighted by Crippen LogP contribution is -2.16. The Bertz CT molecular complexity index is 1770. The lowest BCUT2D eigenvalue weighted by Gasteiger charge is -2.27. The Hall–Kier alpha value is -3.84. The zero-order valence-corrected chi connectivity index (χ0v) is 29.7. The third-order valence-corrected chi connectivity index (χ3v) is 9.04. The second kappa shape index (κ2) is 11.5. The summed E-state index contributed by atoms with van der Waals surface area (Å²) in [6.07, 6.45) is 0. The van der Waals surface area contributed by atoms with Crippen molar-refractivity contribution in [3.63, 3.8) is 0 Å². The number of rotatable bonds is 4. The largest absolute Gasteiger partial charge is 0.355 e. The highest BCUT2D eigenvalue weighted by atomic mass is 14.9. The van der Waals surface area contributed by atoms with Crippen molar-refractivity contribution in [1.82, 2.24) is 0 Å². The molecular formula is C44H53N. The molecule has 0 fully saturated rings. The van der Waals surface area contributed by atoms with Crippen molar-refractivity contribution in [2.45, 2.75) is 105 Å². The maximum Gasteiger partial charge on any atom is 0.0464 e. The van der Waals surface area contributed by atoms with Gasteiger partial charge in [-0.15, -0.1) is 0 Å². The molecule has 0 aliphatic heterocycles. The topological polar surface area (TPSA) is 12.0 Å². The van der Waals surface area contributed by atoms with Crippen molar-refractivity contribution in [1.29, 1.82) is 0 Å². The summed E-state index contributed by atoms with van der Waals surface area (Å²) in [5.41, 5.74) is 12.9. The molecule has 0 aliphatic carbocycles. The van der Waals surface area contributed by atoms with Crippen molar-refractivity contribution in [2.75, 3.05) is 5.32 Å². The van der Waals surface area contributed by atoms with E-state index in [1.165, 1.54) is 55.3 Å². The smallest absolute Gasteiger partial charge is 0.0464 e. The van der Waals surface area contributed by atoms with Gasteiger partial charge in [0.2, 0.25) is 0 Å². The van der Waals surface area contributed by atoms with Gasteiger partial charge in [0, 0.05) is 16.9 Å². The fourth-order valence-corrected chi connectivity index (χ4v) is 6.00. The summed E-state index contributed by atoms with van der Waals surface area (Å²) in [5, 5.41) is 6.42. The predicted octanol–water partition coefficient (Wildman–Crippen LogP) is 13.1. The van der Waals surface area contributed by atoms with Crippen LogP contribution in [0.4, 0.5) is 11.4 Å². The van der Waals surface area contributed by atoms with Gasteiger partial charge in [-0.05, 0) is 89.6 Å². The molecule has 0 aromatic heterocycles. The maximum absolute atomic E-state index is 3.88. The Morgan fingerprint density at radius 2 is 0.822 bits per heavy atom. The van der Waals surface area contributed by atoms with Crippen LogP contribution >= 0.6 is 0 Å². The molecule has 1 nitrogen and oxygen atoms in total. The number of hydrogen-bond acceptors (Lipinski definition) is 1. The molecule has 0 saturated carbocycles. The fourth-order valence-electron chi connectivity index (χ4n) is 6.00. The molecular weight excluding hydrogens is 542 g/mol. The van der Waals surface area contributed by atoms with Crippen LogP contribution in [-0.2, 0) is 21.7 Å². The Balaban J connectivity index is 1.73. The molecule has 0 heterocycles. The van der Waals surface area contributed by atoms with Crippen LogP contribution in [0.2, 0.25) is 0 Å². The molecule has 0 saturated heterocycles. The van der Waals surface area contributed by atoms with Crippen molar-refractivity contribution < 1.29 is 0 Å². The Kier molecular flexibility index (Phi) is 8.32. The number of anilines is 2. The number of benzene rings is 5. The van der Waals surface area contributed by atoms with Gasteiger partial charge in [-0.1, -0.05) is 162 Å². The van der Waals surface area contributed by atoms with Gasteiger partial charge in [-0.25, -0.2) is 0 Å². The standard InChI is InChI=1S/C44H53N/c1-41(2,3)31-23-30(24-32(25-31)42(4,5)6)36-20-15-17-29-18-16-21-38(40(29)36)37-19-13-14-22-39(37)45-35-27-33(43(7,8)9)26-34(28-35)44(10,11)12/h13-28,45H,1-12H3. The number of nitrogens with one attached hydrogen (secondary N) is 1. The zero-order valence-electron chi connectivity index (χ0n) is 29.7. The molecule has 1 N–H and O–H groups in total. The van der Waals surface area contributed by atoms with E-state index in [1.54, 1.807) is 0 Å². The second-order valence-corrected chi connectivity index (χ2v) is 17.0. The molecule has 0 unspecified atom stereocenters. The minimum Gasteiger partial charge on any atom is -0.355 e. The first-order chi connectivity index (χ1) is 20.8. The lowest BCUT2D eigenvalue weighted by molar-refractivity contribution is 0.568. The third-order valence-electron chi connectivity index (χ3n) is 9.04. The minimum atomic E-state index is 0.0491. The van der Waals surface area contributed by atoms with E-state index in [0.29, 0.717) is 0 Å². The van der Waals surface area contributed by atoms with E-state index >= 15 is 0 Å². The van der Waals surface area contributed by atoms with Crippen molar-refractivity contribution in [3.05, 3.63) is 119 Å². The van der Waals surface area contributed by atoms with Crippen LogP contribution in [0.15, 0.2) is 97.1 Å². The van der Waals surface area contributed by atoms with Crippen LogP contribution < -0.4 is 5.32 Å². The molecule has 0 spiro atoms. The first kappa shape index (κ1) is 32.6. The highest BCUT2D eigenvalue weighted by Crippen LogP contribution is 2.42. The van der Waals surface area contributed by atoms with E-state index in [-0.39, 0.29) is 21.7 Å². The van der Waals surface area contributed by atoms with E-state index < -0.39 is 0 Å². The molecule has 5 aromatic carbocycles. The Morgan fingerprint density at radius 3 is 1.31 bits per heavy atom. The Labute approximate surface area is 273 Å². The van der Waals surface area contributed by atoms with Gasteiger partial charge in [-0.3, -0.25) is 0 Å². The van der Waals surface area contributed by atoms with Gasteiger partial charge in [0.1, 0.15) is 0 Å². The summed E-state index contributed by atoms with van der Waals surface area (Å²) < 4.78 is 0. The van der Waals surface area contributed by atoms with Gasteiger partial charge >= 0.3 is 0 Å². The molecule has 234 valence electrons. The molecule has 0 bridgehead atoms. The number of fused-ring (bicyclic) bond motifs is 1. The molecule has 0 aliphatic rings. The molecule has 0 radical (unpaired) electrons. The van der Waals surface area contributed by atoms with Gasteiger partial charge in [0.25, 0.3) is 0 Å². The Morgan fingerprint density at radius 1 is 0.400 bits per heavy atom. The molecule has 0 amide bonds. The van der Waals surface area contributed by atoms with E-state index in [4.69, 9.17) is 0 Å². The van der Waals surface area contributed by atoms with Crippen molar-refractivity contribution in [3.8, 4) is 22.3 Å². The SMILES string of the molecule is CC(C)(C)c1cc(Nc2ccccc2-c2cccc3cccc(-c4cc(C(C)(C)C)cc(C(C)(C)C)c4)c23)cc(C(C)(C)C)c1. The van der Waals surface area contributed by atoms with Gasteiger partial charge in [0.05, 0.1) is 0 Å². The summed E-state index contributed by atoms with van der Waals surface area (Å²) >= 11 is 0. The maximum atomic E-state index is 3.88. The fraction of sp³-hybridized carbons (Fsp3) is 0.364. The summed E-state index contributed by atoms with van der Waals surface area (Å²) in [6, 6.07) is 36.5. The highest BCUT2D eigenvalue weighted by molar-refractivity contribution is 6.08. The average Bonchev–Trinajstić information content (AvgIpc) is 2.94. The van der Waals surface area contributed by atoms with Crippen molar-refractivity contribution >= 4 is 22.1 Å². The van der Waals surface area contributed by atoms with E-state index in [0.717, 1.165) is 11.4 Å². The first-order valence-corrected chi connectivity index (χ1v) is 16.5. The molecule has 45 heavy (non-hydrogen) atoms. The average molecular weight is 596 g/mol. The number of hydrogen-bond donors (Lipinski definition) is 1. The molecule has 0 atom stereocenters. The first-order valence-electron chi connectivity index (χ1n) is 16.5. The number of para-hydroxylation sites is 1.